The van der Waals surface area contributed by atoms with Gasteiger partial charge in [-0.05, 0) is 36.5 Å². The summed E-state index contributed by atoms with van der Waals surface area (Å²) in [6, 6.07) is 9.76. The third-order valence-corrected chi connectivity index (χ3v) is 4.53. The number of benzene rings is 1. The van der Waals surface area contributed by atoms with Crippen molar-refractivity contribution >= 4 is 22.9 Å². The van der Waals surface area contributed by atoms with Gasteiger partial charge in [0.25, 0.3) is 0 Å². The zero-order chi connectivity index (χ0) is 17.6. The molecule has 0 radical (unpaired) electrons. The lowest BCUT2D eigenvalue weighted by atomic mass is 10.1. The van der Waals surface area contributed by atoms with Crippen molar-refractivity contribution in [3.63, 3.8) is 0 Å². The minimum atomic E-state index is -0.0998. The van der Waals surface area contributed by atoms with E-state index in [0.717, 1.165) is 29.9 Å². The van der Waals surface area contributed by atoms with E-state index in [1.54, 1.807) is 11.3 Å². The second kappa shape index (κ2) is 8.09. The predicted octanol–water partition coefficient (Wildman–Crippen LogP) is 4.00. The minimum absolute atomic E-state index is 0.0998. The number of carbonyl (C=O) groups excluding carboxylic acids is 1. The highest BCUT2D eigenvalue weighted by Crippen LogP contribution is 2.24. The van der Waals surface area contributed by atoms with Crippen LogP contribution in [0.25, 0.3) is 11.5 Å². The zero-order valence-electron chi connectivity index (χ0n) is 14.3. The Morgan fingerprint density at radius 1 is 1.28 bits per heavy atom. The molecule has 0 saturated heterocycles. The summed E-state index contributed by atoms with van der Waals surface area (Å²) in [6.07, 6.45) is 0.189. The number of nitrogens with zero attached hydrogens (tertiary/aromatic N) is 1. The van der Waals surface area contributed by atoms with Crippen LogP contribution < -0.4 is 10.6 Å². The van der Waals surface area contributed by atoms with E-state index in [0.29, 0.717) is 17.3 Å². The molecule has 2 N–H and O–H groups in total. The SMILES string of the molecule is CCNCc1ccccc1NC(=O)Cc1nc(-c2ccsc2)oc1C. The van der Waals surface area contributed by atoms with E-state index in [4.69, 9.17) is 4.42 Å². The summed E-state index contributed by atoms with van der Waals surface area (Å²) in [5, 5.41) is 10.2. The molecule has 0 bridgehead atoms. The maximum Gasteiger partial charge on any atom is 0.230 e. The third-order valence-electron chi connectivity index (χ3n) is 3.85. The quantitative estimate of drug-likeness (QED) is 0.672. The van der Waals surface area contributed by atoms with Crippen molar-refractivity contribution in [2.75, 3.05) is 11.9 Å². The van der Waals surface area contributed by atoms with Crippen LogP contribution in [0, 0.1) is 6.92 Å². The van der Waals surface area contributed by atoms with E-state index >= 15 is 0 Å². The normalized spacial score (nSPS) is 10.8. The Balaban J connectivity index is 1.69. The number of aryl methyl sites for hydroxylation is 1. The van der Waals surface area contributed by atoms with Crippen LogP contribution in [0.1, 0.15) is 23.9 Å². The summed E-state index contributed by atoms with van der Waals surface area (Å²) in [5.41, 5.74) is 3.50. The van der Waals surface area contributed by atoms with Gasteiger partial charge in [0.05, 0.1) is 12.1 Å². The molecule has 6 heteroatoms. The molecule has 0 aliphatic heterocycles. The number of oxazole rings is 1. The Morgan fingerprint density at radius 2 is 2.12 bits per heavy atom. The first-order valence-corrected chi connectivity index (χ1v) is 9.19. The van der Waals surface area contributed by atoms with Crippen molar-refractivity contribution in [1.29, 1.82) is 0 Å². The number of hydrogen-bond acceptors (Lipinski definition) is 5. The molecular formula is C19H21N3O2S. The monoisotopic (exact) mass is 355 g/mol. The molecule has 0 unspecified atom stereocenters. The average molecular weight is 355 g/mol. The second-order valence-corrected chi connectivity index (χ2v) is 6.48. The maximum atomic E-state index is 12.4. The number of amides is 1. The highest BCUT2D eigenvalue weighted by molar-refractivity contribution is 7.08. The van der Waals surface area contributed by atoms with Gasteiger partial charge in [0.2, 0.25) is 11.8 Å². The van der Waals surface area contributed by atoms with Crippen molar-refractivity contribution in [2.45, 2.75) is 26.8 Å². The molecule has 0 saturated carbocycles. The summed E-state index contributed by atoms with van der Waals surface area (Å²) in [4.78, 5) is 16.9. The molecule has 25 heavy (non-hydrogen) atoms. The molecule has 3 rings (SSSR count). The number of anilines is 1. The fourth-order valence-electron chi connectivity index (χ4n) is 2.50. The number of para-hydroxylation sites is 1. The average Bonchev–Trinajstić information content (AvgIpc) is 3.24. The van der Waals surface area contributed by atoms with Gasteiger partial charge < -0.3 is 15.1 Å². The molecule has 130 valence electrons. The Morgan fingerprint density at radius 3 is 2.88 bits per heavy atom. The van der Waals surface area contributed by atoms with Crippen LogP contribution in [0.15, 0.2) is 45.5 Å². The van der Waals surface area contributed by atoms with Gasteiger partial charge in [0.1, 0.15) is 5.76 Å². The van der Waals surface area contributed by atoms with E-state index in [9.17, 15) is 4.79 Å². The van der Waals surface area contributed by atoms with Crippen LogP contribution in [-0.2, 0) is 17.8 Å². The number of hydrogen-bond donors (Lipinski definition) is 2. The molecule has 0 spiro atoms. The van der Waals surface area contributed by atoms with Crippen LogP contribution in [0.5, 0.6) is 0 Å². The fourth-order valence-corrected chi connectivity index (χ4v) is 3.13. The van der Waals surface area contributed by atoms with Crippen LogP contribution in [0.2, 0.25) is 0 Å². The Kier molecular flexibility index (Phi) is 5.63. The Labute approximate surface area is 151 Å². The highest BCUT2D eigenvalue weighted by Gasteiger charge is 2.15. The maximum absolute atomic E-state index is 12.4. The standard InChI is InChI=1S/C19H21N3O2S/c1-3-20-11-14-6-4-5-7-16(14)21-18(23)10-17-13(2)24-19(22-17)15-8-9-25-12-15/h4-9,12,20H,3,10-11H2,1-2H3,(H,21,23). The lowest BCUT2D eigenvalue weighted by molar-refractivity contribution is -0.115. The van der Waals surface area contributed by atoms with E-state index in [-0.39, 0.29) is 12.3 Å². The number of thiophene rings is 1. The van der Waals surface area contributed by atoms with Crippen molar-refractivity contribution < 1.29 is 9.21 Å². The highest BCUT2D eigenvalue weighted by atomic mass is 32.1. The van der Waals surface area contributed by atoms with E-state index in [1.807, 2.05) is 48.0 Å². The minimum Gasteiger partial charge on any atom is -0.441 e. The first kappa shape index (κ1) is 17.4. The number of rotatable bonds is 7. The van der Waals surface area contributed by atoms with Crippen molar-refractivity contribution in [1.82, 2.24) is 10.3 Å². The smallest absolute Gasteiger partial charge is 0.230 e. The van der Waals surface area contributed by atoms with Gasteiger partial charge in [-0.25, -0.2) is 4.98 Å². The summed E-state index contributed by atoms with van der Waals surface area (Å²) < 4.78 is 5.69. The predicted molar refractivity (Wildman–Crippen MR) is 101 cm³/mol. The summed E-state index contributed by atoms with van der Waals surface area (Å²) in [5.74, 6) is 1.14. The number of carbonyl (C=O) groups is 1. The molecule has 2 aromatic heterocycles. The van der Waals surface area contributed by atoms with E-state index < -0.39 is 0 Å². The first-order valence-electron chi connectivity index (χ1n) is 8.24. The van der Waals surface area contributed by atoms with Gasteiger partial charge >= 0.3 is 0 Å². The zero-order valence-corrected chi connectivity index (χ0v) is 15.2. The van der Waals surface area contributed by atoms with Crippen molar-refractivity contribution in [3.05, 3.63) is 58.1 Å². The molecule has 0 aliphatic rings. The van der Waals surface area contributed by atoms with Gasteiger partial charge in [0, 0.05) is 23.2 Å². The van der Waals surface area contributed by atoms with Crippen molar-refractivity contribution in [3.8, 4) is 11.5 Å². The van der Waals surface area contributed by atoms with Gasteiger partial charge in [-0.2, -0.15) is 11.3 Å². The Bertz CT molecular complexity index is 840. The molecule has 1 aromatic carbocycles. The number of nitrogens with one attached hydrogen (secondary N) is 2. The molecule has 0 aliphatic carbocycles. The topological polar surface area (TPSA) is 67.2 Å². The Hall–Kier alpha value is -2.44. The summed E-state index contributed by atoms with van der Waals surface area (Å²) in [6.45, 7) is 5.49. The first-order chi connectivity index (χ1) is 12.2. The van der Waals surface area contributed by atoms with Gasteiger partial charge in [-0.15, -0.1) is 0 Å². The van der Waals surface area contributed by atoms with Gasteiger partial charge in [-0.1, -0.05) is 25.1 Å². The van der Waals surface area contributed by atoms with E-state index in [1.165, 1.54) is 0 Å². The third kappa shape index (κ3) is 4.35. The number of aromatic nitrogens is 1. The largest absolute Gasteiger partial charge is 0.441 e. The molecule has 2 heterocycles. The van der Waals surface area contributed by atoms with Gasteiger partial charge in [0.15, 0.2) is 0 Å². The second-order valence-electron chi connectivity index (χ2n) is 5.70. The summed E-state index contributed by atoms with van der Waals surface area (Å²) in [7, 11) is 0. The lowest BCUT2D eigenvalue weighted by Crippen LogP contribution is -2.18. The van der Waals surface area contributed by atoms with E-state index in [2.05, 4.69) is 22.5 Å². The van der Waals surface area contributed by atoms with Crippen LogP contribution in [0.3, 0.4) is 0 Å². The summed E-state index contributed by atoms with van der Waals surface area (Å²) >= 11 is 1.59. The molecular weight excluding hydrogens is 334 g/mol. The molecule has 5 nitrogen and oxygen atoms in total. The van der Waals surface area contributed by atoms with Crippen LogP contribution in [0.4, 0.5) is 5.69 Å². The fraction of sp³-hybridized carbons (Fsp3) is 0.263. The van der Waals surface area contributed by atoms with Crippen LogP contribution >= 0.6 is 11.3 Å². The molecule has 1 amide bonds. The van der Waals surface area contributed by atoms with Crippen molar-refractivity contribution in [2.24, 2.45) is 0 Å². The van der Waals surface area contributed by atoms with Gasteiger partial charge in [-0.3, -0.25) is 4.79 Å². The molecule has 3 aromatic rings. The molecule has 0 fully saturated rings. The van der Waals surface area contributed by atoms with Crippen LogP contribution in [-0.4, -0.2) is 17.4 Å². The lowest BCUT2D eigenvalue weighted by Gasteiger charge is -2.11. The molecule has 0 atom stereocenters.